The summed E-state index contributed by atoms with van der Waals surface area (Å²) in [4.78, 5) is 40.3. The molecule has 0 radical (unpaired) electrons. The van der Waals surface area contributed by atoms with E-state index in [2.05, 4.69) is 44.2 Å². The summed E-state index contributed by atoms with van der Waals surface area (Å²) in [5, 5.41) is 35.1. The van der Waals surface area contributed by atoms with Gasteiger partial charge in [0.25, 0.3) is 11.8 Å². The van der Waals surface area contributed by atoms with Crippen LogP contribution in [0, 0.1) is 34.5 Å². The van der Waals surface area contributed by atoms with Crippen LogP contribution in [-0.4, -0.2) is 67.2 Å². The molecule has 1 heterocycles. The van der Waals surface area contributed by atoms with E-state index >= 15 is 0 Å². The Morgan fingerprint density at radius 2 is 1.67 bits per heavy atom. The second-order valence-electron chi connectivity index (χ2n) is 11.6. The highest BCUT2D eigenvalue weighted by Gasteiger charge is 2.54. The largest absolute Gasteiger partial charge is 0.355 e. The van der Waals surface area contributed by atoms with Gasteiger partial charge in [-0.15, -0.1) is 11.0 Å². The van der Waals surface area contributed by atoms with Gasteiger partial charge in [-0.2, -0.15) is 5.26 Å². The molecule has 4 atom stereocenters. The van der Waals surface area contributed by atoms with Crippen molar-refractivity contribution < 1.29 is 14.4 Å². The summed E-state index contributed by atoms with van der Waals surface area (Å²) in [6.07, 6.45) is 2.87. The molecule has 6 N–H and O–H groups in total. The fourth-order valence-electron chi connectivity index (χ4n) is 7.02. The number of nitriles is 1. The average Bonchev–Trinajstić information content (AvgIpc) is 3.75. The number of nitrogens with one attached hydrogen (secondary N) is 4. The van der Waals surface area contributed by atoms with Gasteiger partial charge >= 0.3 is 0 Å². The smallest absolute Gasteiger partial charge is 0.251 e. The number of carbonyl (C=O) groups is 3. The van der Waals surface area contributed by atoms with Crippen LogP contribution in [0.5, 0.6) is 0 Å². The van der Waals surface area contributed by atoms with Gasteiger partial charge in [-0.3, -0.25) is 25.1 Å². The summed E-state index contributed by atoms with van der Waals surface area (Å²) in [5.41, 5.74) is 2.82. The highest BCUT2D eigenvalue weighted by molar-refractivity contribution is 5.99. The lowest BCUT2D eigenvalue weighted by Crippen LogP contribution is -2.48. The standard InChI is InChI=1S/C33H37N9O3/c1-4-5-24(39-18-29(43)42-25(17-34)14-23-15-28(23)42)16-33(32(35)40-41-36)26-10-8-21(30(44)37-2)12-19(26)6-7-20-13-22(31(45)38-3)9-11-27(20)33/h8-13,23-25,28,39H,6-7,14-16,18H2,1-3H3,(H,37,44)(H,38,45)(H3,35,36,40)/t23-,24-,25+,28+/m1/s1. The van der Waals surface area contributed by atoms with E-state index in [4.69, 9.17) is 5.84 Å². The van der Waals surface area contributed by atoms with Gasteiger partial charge in [-0.25, -0.2) is 0 Å². The van der Waals surface area contributed by atoms with Crippen LogP contribution >= 0.6 is 0 Å². The zero-order valence-electron chi connectivity index (χ0n) is 25.6. The summed E-state index contributed by atoms with van der Waals surface area (Å²) in [6, 6.07) is 12.1. The molecule has 5 rings (SSSR count). The number of likely N-dealkylation sites (tertiary alicyclic amines) is 1. The lowest BCUT2D eigenvalue weighted by molar-refractivity contribution is -0.131. The first-order chi connectivity index (χ1) is 21.7. The number of nitrogens with zero attached hydrogens (tertiary/aromatic N) is 4. The van der Waals surface area contributed by atoms with Crippen LogP contribution in [0.3, 0.4) is 0 Å². The van der Waals surface area contributed by atoms with Crippen LogP contribution in [0.1, 0.15) is 69.2 Å². The minimum absolute atomic E-state index is 0.0342. The molecule has 12 nitrogen and oxygen atoms in total. The van der Waals surface area contributed by atoms with Crippen LogP contribution in [-0.2, 0) is 23.1 Å². The van der Waals surface area contributed by atoms with Crippen molar-refractivity contribution >= 4 is 23.6 Å². The van der Waals surface area contributed by atoms with E-state index in [1.54, 1.807) is 38.1 Å². The molecular weight excluding hydrogens is 570 g/mol. The summed E-state index contributed by atoms with van der Waals surface area (Å²) in [6.45, 7) is 1.67. The van der Waals surface area contributed by atoms with Crippen LogP contribution in [0.15, 0.2) is 46.7 Å². The highest BCUT2D eigenvalue weighted by atomic mass is 16.2. The van der Waals surface area contributed by atoms with Gasteiger partial charge < -0.3 is 21.4 Å². The number of fused-ring (bicyclic) bond motifs is 3. The van der Waals surface area contributed by atoms with Crippen molar-refractivity contribution in [2.75, 3.05) is 20.6 Å². The second kappa shape index (κ2) is 12.9. The highest BCUT2D eigenvalue weighted by Crippen LogP contribution is 2.48. The zero-order valence-corrected chi connectivity index (χ0v) is 25.6. The summed E-state index contributed by atoms with van der Waals surface area (Å²) < 4.78 is 0. The van der Waals surface area contributed by atoms with E-state index in [1.165, 1.54) is 0 Å². The maximum Gasteiger partial charge on any atom is 0.251 e. The fraction of sp³-hybridized carbons (Fsp3) is 0.424. The Kier molecular flexibility index (Phi) is 8.98. The van der Waals surface area contributed by atoms with Crippen LogP contribution in [0.4, 0.5) is 0 Å². The molecule has 2 aromatic carbocycles. The average molecular weight is 608 g/mol. The van der Waals surface area contributed by atoms with Gasteiger partial charge in [-0.05, 0) is 91.5 Å². The Bertz CT molecular complexity index is 1610. The van der Waals surface area contributed by atoms with E-state index in [9.17, 15) is 25.1 Å². The number of benzene rings is 2. The SMILES string of the molecule is CC#C[C@H](CC1(C(=N)N=NN)c2ccc(C(=O)NC)cc2CCc2cc(C(=O)NC)ccc21)NCC(=O)N1[C@H](C#N)C[C@@H]2C[C@@H]21. The number of amidine groups is 1. The van der Waals surface area contributed by atoms with Crippen molar-refractivity contribution in [2.24, 2.45) is 22.1 Å². The first-order valence-electron chi connectivity index (χ1n) is 15.0. The van der Waals surface area contributed by atoms with Gasteiger partial charge in [0.2, 0.25) is 5.91 Å². The van der Waals surface area contributed by atoms with Gasteiger partial charge in [0.15, 0.2) is 5.84 Å². The minimum atomic E-state index is -1.26. The summed E-state index contributed by atoms with van der Waals surface area (Å²) >= 11 is 0. The first-order valence-corrected chi connectivity index (χ1v) is 15.0. The molecule has 2 aliphatic carbocycles. The van der Waals surface area contributed by atoms with Crippen molar-refractivity contribution in [2.45, 2.75) is 62.6 Å². The molecule has 1 saturated heterocycles. The number of hydrogen-bond acceptors (Lipinski definition) is 7. The quantitative estimate of drug-likeness (QED) is 0.0762. The number of aryl methyl sites for hydroxylation is 2. The predicted molar refractivity (Wildman–Crippen MR) is 167 cm³/mol. The Balaban J connectivity index is 1.61. The lowest BCUT2D eigenvalue weighted by Gasteiger charge is -2.37. The van der Waals surface area contributed by atoms with Crippen LogP contribution in [0.25, 0.3) is 0 Å². The Morgan fingerprint density at radius 1 is 1.07 bits per heavy atom. The molecule has 232 valence electrons. The van der Waals surface area contributed by atoms with E-state index in [-0.39, 0.29) is 42.6 Å². The first kappa shape index (κ1) is 31.4. The van der Waals surface area contributed by atoms with E-state index in [0.717, 1.165) is 28.7 Å². The molecule has 45 heavy (non-hydrogen) atoms. The monoisotopic (exact) mass is 607 g/mol. The molecule has 0 bridgehead atoms. The maximum atomic E-state index is 13.4. The van der Waals surface area contributed by atoms with Crippen molar-refractivity contribution in [3.63, 3.8) is 0 Å². The topological polar surface area (TPSA) is 189 Å². The van der Waals surface area contributed by atoms with Crippen LogP contribution < -0.4 is 21.8 Å². The van der Waals surface area contributed by atoms with Gasteiger partial charge in [-0.1, -0.05) is 23.3 Å². The van der Waals surface area contributed by atoms with Gasteiger partial charge in [0.1, 0.15) is 6.04 Å². The number of piperidine rings is 1. The third-order valence-corrected chi connectivity index (χ3v) is 9.20. The van der Waals surface area contributed by atoms with Crippen molar-refractivity contribution in [1.29, 1.82) is 10.7 Å². The fourth-order valence-corrected chi connectivity index (χ4v) is 7.02. The Morgan fingerprint density at radius 3 is 2.18 bits per heavy atom. The molecule has 1 aliphatic heterocycles. The normalized spacial score (nSPS) is 21.1. The van der Waals surface area contributed by atoms with Crippen LogP contribution in [0.2, 0.25) is 0 Å². The third kappa shape index (κ3) is 5.77. The number of carbonyl (C=O) groups excluding carboxylic acids is 3. The van der Waals surface area contributed by atoms with Crippen molar-refractivity contribution in [3.05, 3.63) is 69.8 Å². The zero-order chi connectivity index (χ0) is 32.3. The molecule has 2 aromatic rings. The Labute approximate surface area is 262 Å². The van der Waals surface area contributed by atoms with Gasteiger partial charge in [0.05, 0.1) is 24.1 Å². The molecule has 0 unspecified atom stereocenters. The van der Waals surface area contributed by atoms with E-state index < -0.39 is 17.5 Å². The lowest BCUT2D eigenvalue weighted by atomic mass is 9.67. The molecule has 12 heteroatoms. The number of nitrogens with two attached hydrogens (primary N) is 1. The molecule has 1 saturated carbocycles. The molecule has 3 aliphatic rings. The molecule has 3 amide bonds. The molecule has 0 spiro atoms. The number of rotatable bonds is 8. The second-order valence-corrected chi connectivity index (χ2v) is 11.6. The van der Waals surface area contributed by atoms with Crippen molar-refractivity contribution in [3.8, 4) is 17.9 Å². The third-order valence-electron chi connectivity index (χ3n) is 9.20. The molecule has 0 aromatic heterocycles. The van der Waals surface area contributed by atoms with Crippen molar-refractivity contribution in [1.82, 2.24) is 20.9 Å². The van der Waals surface area contributed by atoms with E-state index in [1.807, 2.05) is 24.3 Å². The number of amides is 3. The van der Waals surface area contributed by atoms with E-state index in [0.29, 0.717) is 36.3 Å². The van der Waals surface area contributed by atoms with Gasteiger partial charge in [0, 0.05) is 31.3 Å². The Hall–Kier alpha value is -5.07. The minimum Gasteiger partial charge on any atom is -0.355 e. The maximum absolute atomic E-state index is 13.4. The molecule has 2 fully saturated rings. The predicted octanol–water partition coefficient (Wildman–Crippen LogP) is 1.98. The summed E-state index contributed by atoms with van der Waals surface area (Å²) in [5.74, 6) is 11.3. The molecular formula is C33H37N9O3. The number of hydrogen-bond donors (Lipinski definition) is 5. The summed E-state index contributed by atoms with van der Waals surface area (Å²) in [7, 11) is 3.13.